The molecule has 1 amide bonds. The minimum atomic E-state index is -0.192. The number of hydrogen-bond acceptors (Lipinski definition) is 5. The molecule has 0 bridgehead atoms. The first-order valence-corrected chi connectivity index (χ1v) is 9.09. The minimum absolute atomic E-state index is 0.192. The molecule has 118 valence electrons. The molecule has 0 aliphatic rings. The highest BCUT2D eigenvalue weighted by Crippen LogP contribution is 2.34. The standard InChI is InChI=1S/C17H10ClN3OS2/c18-10-5-8-15(19-9-10)21-16(22)13-6-7-14(23-13)17-20-11-3-1-2-4-12(11)24-17/h1-9H,(H,19,21,22). The van der Waals surface area contributed by atoms with Crippen LogP contribution in [0.25, 0.3) is 20.1 Å². The predicted molar refractivity (Wildman–Crippen MR) is 100 cm³/mol. The number of halogens is 1. The number of thiazole rings is 1. The summed E-state index contributed by atoms with van der Waals surface area (Å²) in [6.45, 7) is 0. The number of carbonyl (C=O) groups excluding carboxylic acids is 1. The zero-order valence-electron chi connectivity index (χ0n) is 12.2. The number of amides is 1. The summed E-state index contributed by atoms with van der Waals surface area (Å²) < 4.78 is 1.14. The third-order valence-electron chi connectivity index (χ3n) is 3.30. The summed E-state index contributed by atoms with van der Waals surface area (Å²) in [7, 11) is 0. The Morgan fingerprint density at radius 2 is 1.92 bits per heavy atom. The van der Waals surface area contributed by atoms with Gasteiger partial charge in [0.1, 0.15) is 10.8 Å². The lowest BCUT2D eigenvalue weighted by Gasteiger charge is -2.01. The molecule has 0 spiro atoms. The second-order valence-corrected chi connectivity index (χ2v) is 7.52. The van der Waals surface area contributed by atoms with Crippen LogP contribution in [0.15, 0.2) is 54.7 Å². The SMILES string of the molecule is O=C(Nc1ccc(Cl)cn1)c1ccc(-c2nc3ccccc3s2)s1. The summed E-state index contributed by atoms with van der Waals surface area (Å²) in [6, 6.07) is 15.1. The Morgan fingerprint density at radius 3 is 2.71 bits per heavy atom. The number of para-hydroxylation sites is 1. The first kappa shape index (κ1) is 15.3. The molecule has 1 N–H and O–H groups in total. The van der Waals surface area contributed by atoms with Gasteiger partial charge in [-0.05, 0) is 36.4 Å². The van der Waals surface area contributed by atoms with Crippen molar-refractivity contribution in [3.05, 3.63) is 64.6 Å². The summed E-state index contributed by atoms with van der Waals surface area (Å²) in [6.07, 6.45) is 1.50. The van der Waals surface area contributed by atoms with Crippen molar-refractivity contribution < 1.29 is 4.79 Å². The maximum absolute atomic E-state index is 12.3. The summed E-state index contributed by atoms with van der Waals surface area (Å²) in [5, 5.41) is 4.21. The Labute approximate surface area is 150 Å². The highest BCUT2D eigenvalue weighted by atomic mass is 35.5. The van der Waals surface area contributed by atoms with Gasteiger partial charge in [0, 0.05) is 6.20 Å². The summed E-state index contributed by atoms with van der Waals surface area (Å²) >= 11 is 8.83. The molecule has 0 fully saturated rings. The molecule has 4 nitrogen and oxygen atoms in total. The fraction of sp³-hybridized carbons (Fsp3) is 0. The summed E-state index contributed by atoms with van der Waals surface area (Å²) in [5.41, 5.74) is 0.974. The van der Waals surface area contributed by atoms with Gasteiger partial charge in [0.05, 0.1) is 25.0 Å². The Morgan fingerprint density at radius 1 is 1.04 bits per heavy atom. The van der Waals surface area contributed by atoms with Crippen molar-refractivity contribution in [1.82, 2.24) is 9.97 Å². The van der Waals surface area contributed by atoms with Crippen molar-refractivity contribution in [1.29, 1.82) is 0 Å². The molecule has 24 heavy (non-hydrogen) atoms. The second-order valence-electron chi connectivity index (χ2n) is 4.97. The van der Waals surface area contributed by atoms with Gasteiger partial charge in [-0.1, -0.05) is 23.7 Å². The smallest absolute Gasteiger partial charge is 0.266 e. The molecule has 0 saturated heterocycles. The largest absolute Gasteiger partial charge is 0.306 e. The monoisotopic (exact) mass is 371 g/mol. The molecule has 0 saturated carbocycles. The molecular weight excluding hydrogens is 362 g/mol. The molecule has 3 heterocycles. The van der Waals surface area contributed by atoms with E-state index >= 15 is 0 Å². The third kappa shape index (κ3) is 3.03. The number of fused-ring (bicyclic) bond motifs is 1. The van der Waals surface area contributed by atoms with Crippen LogP contribution in [0.3, 0.4) is 0 Å². The van der Waals surface area contributed by atoms with Crippen molar-refractivity contribution in [2.45, 2.75) is 0 Å². The van der Waals surface area contributed by atoms with Gasteiger partial charge in [0.2, 0.25) is 0 Å². The van der Waals surface area contributed by atoms with Crippen molar-refractivity contribution in [3.63, 3.8) is 0 Å². The van der Waals surface area contributed by atoms with Gasteiger partial charge in [-0.3, -0.25) is 4.79 Å². The fourth-order valence-electron chi connectivity index (χ4n) is 2.18. The van der Waals surface area contributed by atoms with Crippen molar-refractivity contribution in [2.75, 3.05) is 5.32 Å². The molecule has 0 atom stereocenters. The van der Waals surface area contributed by atoms with E-state index in [-0.39, 0.29) is 5.91 Å². The van der Waals surface area contributed by atoms with E-state index in [0.29, 0.717) is 15.7 Å². The van der Waals surface area contributed by atoms with E-state index < -0.39 is 0 Å². The molecule has 4 rings (SSSR count). The van der Waals surface area contributed by atoms with E-state index in [9.17, 15) is 4.79 Å². The highest BCUT2D eigenvalue weighted by molar-refractivity contribution is 7.26. The van der Waals surface area contributed by atoms with Crippen LogP contribution in [-0.2, 0) is 0 Å². The topological polar surface area (TPSA) is 54.9 Å². The number of thiophene rings is 1. The Kier molecular flexibility index (Phi) is 4.02. The zero-order valence-corrected chi connectivity index (χ0v) is 14.6. The molecule has 4 aromatic rings. The predicted octanol–water partition coefficient (Wildman–Crippen LogP) is 5.33. The van der Waals surface area contributed by atoms with Gasteiger partial charge >= 0.3 is 0 Å². The van der Waals surface area contributed by atoms with E-state index in [2.05, 4.69) is 15.3 Å². The van der Waals surface area contributed by atoms with Crippen LogP contribution >= 0.6 is 34.3 Å². The van der Waals surface area contributed by atoms with Crippen LogP contribution in [0.1, 0.15) is 9.67 Å². The van der Waals surface area contributed by atoms with E-state index in [4.69, 9.17) is 11.6 Å². The van der Waals surface area contributed by atoms with Crippen LogP contribution in [0.2, 0.25) is 5.02 Å². The molecular formula is C17H10ClN3OS2. The molecule has 3 aromatic heterocycles. The lowest BCUT2D eigenvalue weighted by atomic mass is 10.3. The maximum atomic E-state index is 12.3. The van der Waals surface area contributed by atoms with E-state index in [0.717, 1.165) is 20.1 Å². The number of pyridine rings is 1. The van der Waals surface area contributed by atoms with Crippen LogP contribution in [-0.4, -0.2) is 15.9 Å². The number of carbonyl (C=O) groups is 1. The number of hydrogen-bond donors (Lipinski definition) is 1. The van der Waals surface area contributed by atoms with Crippen LogP contribution in [0, 0.1) is 0 Å². The van der Waals surface area contributed by atoms with Crippen molar-refractivity contribution >= 4 is 56.2 Å². The average Bonchev–Trinajstić information content (AvgIpc) is 3.23. The van der Waals surface area contributed by atoms with Crippen molar-refractivity contribution in [2.24, 2.45) is 0 Å². The molecule has 0 radical (unpaired) electrons. The first-order valence-electron chi connectivity index (χ1n) is 7.08. The molecule has 0 aliphatic carbocycles. The fourth-order valence-corrected chi connectivity index (χ4v) is 4.21. The first-order chi connectivity index (χ1) is 11.7. The number of benzene rings is 1. The number of nitrogens with zero attached hydrogens (tertiary/aromatic N) is 2. The minimum Gasteiger partial charge on any atom is -0.306 e. The van der Waals surface area contributed by atoms with Gasteiger partial charge in [-0.15, -0.1) is 22.7 Å². The number of aromatic nitrogens is 2. The zero-order chi connectivity index (χ0) is 16.5. The number of rotatable bonds is 3. The number of anilines is 1. The van der Waals surface area contributed by atoms with Gasteiger partial charge in [-0.2, -0.15) is 0 Å². The summed E-state index contributed by atoms with van der Waals surface area (Å²) in [5.74, 6) is 0.279. The molecule has 0 unspecified atom stereocenters. The second kappa shape index (κ2) is 6.32. The van der Waals surface area contributed by atoms with Gasteiger partial charge < -0.3 is 5.32 Å². The normalized spacial score (nSPS) is 10.9. The quantitative estimate of drug-likeness (QED) is 0.529. The van der Waals surface area contributed by atoms with Gasteiger partial charge in [0.25, 0.3) is 5.91 Å². The molecule has 0 aliphatic heterocycles. The van der Waals surface area contributed by atoms with Gasteiger partial charge in [0.15, 0.2) is 0 Å². The third-order valence-corrected chi connectivity index (χ3v) is 5.82. The van der Waals surface area contributed by atoms with Crippen molar-refractivity contribution in [3.8, 4) is 9.88 Å². The summed E-state index contributed by atoms with van der Waals surface area (Å²) in [4.78, 5) is 22.6. The Hall–Kier alpha value is -2.28. The molecule has 7 heteroatoms. The van der Waals surface area contributed by atoms with E-state index in [1.807, 2.05) is 30.3 Å². The maximum Gasteiger partial charge on any atom is 0.266 e. The lowest BCUT2D eigenvalue weighted by Crippen LogP contribution is -2.10. The Balaban J connectivity index is 1.57. The van der Waals surface area contributed by atoms with E-state index in [1.165, 1.54) is 17.5 Å². The number of nitrogens with one attached hydrogen (secondary N) is 1. The van der Waals surface area contributed by atoms with Gasteiger partial charge in [-0.25, -0.2) is 9.97 Å². The lowest BCUT2D eigenvalue weighted by molar-refractivity contribution is 0.103. The van der Waals surface area contributed by atoms with Crippen LogP contribution in [0.4, 0.5) is 5.82 Å². The van der Waals surface area contributed by atoms with E-state index in [1.54, 1.807) is 29.5 Å². The van der Waals surface area contributed by atoms with Crippen LogP contribution in [0.5, 0.6) is 0 Å². The Bertz CT molecular complexity index is 991. The van der Waals surface area contributed by atoms with Crippen LogP contribution < -0.4 is 5.32 Å². The molecule has 1 aromatic carbocycles. The highest BCUT2D eigenvalue weighted by Gasteiger charge is 2.13. The average molecular weight is 372 g/mol.